The summed E-state index contributed by atoms with van der Waals surface area (Å²) in [5.74, 6) is 0.269. The number of hydrogen-bond acceptors (Lipinski definition) is 5. The SMILES string of the molecule is Cc1noc(CNc2c(N)ccc(Cl)c2F)n1. The van der Waals surface area contributed by atoms with Crippen molar-refractivity contribution in [3.8, 4) is 0 Å². The van der Waals surface area contributed by atoms with Gasteiger partial charge in [-0.05, 0) is 19.1 Å². The summed E-state index contributed by atoms with van der Waals surface area (Å²) in [5.41, 5.74) is 6.03. The molecule has 90 valence electrons. The molecule has 0 aliphatic rings. The fourth-order valence-corrected chi connectivity index (χ4v) is 1.48. The molecule has 0 aliphatic carbocycles. The van der Waals surface area contributed by atoms with Gasteiger partial charge in [0.2, 0.25) is 5.89 Å². The zero-order valence-corrected chi connectivity index (χ0v) is 9.75. The summed E-state index contributed by atoms with van der Waals surface area (Å²) < 4.78 is 18.5. The van der Waals surface area contributed by atoms with E-state index < -0.39 is 5.82 Å². The lowest BCUT2D eigenvalue weighted by atomic mass is 10.2. The van der Waals surface area contributed by atoms with Gasteiger partial charge in [0.05, 0.1) is 22.9 Å². The molecule has 0 saturated carbocycles. The number of nitrogens with two attached hydrogens (primary N) is 1. The van der Waals surface area contributed by atoms with Gasteiger partial charge in [-0.15, -0.1) is 0 Å². The van der Waals surface area contributed by atoms with Crippen molar-refractivity contribution in [1.29, 1.82) is 0 Å². The molecule has 1 aromatic carbocycles. The lowest BCUT2D eigenvalue weighted by molar-refractivity contribution is 0.379. The van der Waals surface area contributed by atoms with Crippen LogP contribution in [0.1, 0.15) is 11.7 Å². The van der Waals surface area contributed by atoms with Crippen LogP contribution in [0.25, 0.3) is 0 Å². The Hall–Kier alpha value is -1.82. The Morgan fingerprint density at radius 1 is 1.53 bits per heavy atom. The van der Waals surface area contributed by atoms with Crippen LogP contribution in [0.5, 0.6) is 0 Å². The number of anilines is 2. The molecule has 0 unspecified atom stereocenters. The molecule has 0 atom stereocenters. The molecule has 0 aliphatic heterocycles. The summed E-state index contributed by atoms with van der Waals surface area (Å²) in [6.45, 7) is 1.88. The van der Waals surface area contributed by atoms with Gasteiger partial charge in [0, 0.05) is 0 Å². The predicted octanol–water partition coefficient (Wildman–Crippen LogP) is 2.36. The van der Waals surface area contributed by atoms with Crippen LogP contribution in [-0.4, -0.2) is 10.1 Å². The molecule has 0 saturated heterocycles. The molecular formula is C10H10ClFN4O. The Morgan fingerprint density at radius 2 is 2.29 bits per heavy atom. The molecule has 7 heteroatoms. The predicted molar refractivity (Wildman–Crippen MR) is 62.2 cm³/mol. The zero-order chi connectivity index (χ0) is 12.4. The molecular weight excluding hydrogens is 247 g/mol. The lowest BCUT2D eigenvalue weighted by Crippen LogP contribution is -2.05. The second kappa shape index (κ2) is 4.58. The second-order valence-corrected chi connectivity index (χ2v) is 3.82. The number of nitrogen functional groups attached to an aromatic ring is 1. The molecule has 0 fully saturated rings. The first-order valence-corrected chi connectivity index (χ1v) is 5.22. The summed E-state index contributed by atoms with van der Waals surface area (Å²) in [4.78, 5) is 3.97. The van der Waals surface area contributed by atoms with Crippen LogP contribution >= 0.6 is 11.6 Å². The van der Waals surface area contributed by atoms with Gasteiger partial charge in [0.25, 0.3) is 0 Å². The maximum atomic E-state index is 13.6. The summed E-state index contributed by atoms with van der Waals surface area (Å²) in [5, 5.41) is 6.39. The molecule has 3 N–H and O–H groups in total. The summed E-state index contributed by atoms with van der Waals surface area (Å²) in [7, 11) is 0. The topological polar surface area (TPSA) is 77.0 Å². The minimum absolute atomic E-state index is 0.00316. The van der Waals surface area contributed by atoms with E-state index in [0.29, 0.717) is 11.7 Å². The van der Waals surface area contributed by atoms with Crippen molar-refractivity contribution >= 4 is 23.0 Å². The van der Waals surface area contributed by atoms with Gasteiger partial charge in [0.1, 0.15) is 0 Å². The largest absolute Gasteiger partial charge is 0.397 e. The maximum Gasteiger partial charge on any atom is 0.245 e. The van der Waals surface area contributed by atoms with Gasteiger partial charge < -0.3 is 15.6 Å². The number of hydrogen-bond donors (Lipinski definition) is 2. The number of rotatable bonds is 3. The van der Waals surface area contributed by atoms with E-state index in [1.165, 1.54) is 12.1 Å². The van der Waals surface area contributed by atoms with Crippen LogP contribution in [0.4, 0.5) is 15.8 Å². The van der Waals surface area contributed by atoms with Gasteiger partial charge in [-0.25, -0.2) is 4.39 Å². The third-order valence-electron chi connectivity index (χ3n) is 2.11. The van der Waals surface area contributed by atoms with E-state index in [4.69, 9.17) is 21.9 Å². The molecule has 0 radical (unpaired) electrons. The van der Waals surface area contributed by atoms with Crippen LogP contribution in [0.3, 0.4) is 0 Å². The molecule has 2 aromatic rings. The fourth-order valence-electron chi connectivity index (χ4n) is 1.32. The van der Waals surface area contributed by atoms with Gasteiger partial charge in [-0.3, -0.25) is 0 Å². The van der Waals surface area contributed by atoms with Crippen molar-refractivity contribution in [1.82, 2.24) is 10.1 Å². The second-order valence-electron chi connectivity index (χ2n) is 3.41. The quantitative estimate of drug-likeness (QED) is 0.825. The Balaban J connectivity index is 2.16. The average Bonchev–Trinajstić information content (AvgIpc) is 2.70. The van der Waals surface area contributed by atoms with Crippen molar-refractivity contribution in [2.45, 2.75) is 13.5 Å². The highest BCUT2D eigenvalue weighted by Crippen LogP contribution is 2.28. The van der Waals surface area contributed by atoms with Crippen molar-refractivity contribution in [3.63, 3.8) is 0 Å². The third-order valence-corrected chi connectivity index (χ3v) is 2.41. The Bertz CT molecular complexity index is 543. The number of aromatic nitrogens is 2. The molecule has 5 nitrogen and oxygen atoms in total. The summed E-state index contributed by atoms with van der Waals surface area (Å²) >= 11 is 5.65. The average molecular weight is 257 g/mol. The van der Waals surface area contributed by atoms with Crippen molar-refractivity contribution < 1.29 is 8.91 Å². The molecule has 0 bridgehead atoms. The fraction of sp³-hybridized carbons (Fsp3) is 0.200. The minimum Gasteiger partial charge on any atom is -0.397 e. The smallest absolute Gasteiger partial charge is 0.245 e. The third kappa shape index (κ3) is 2.47. The van der Waals surface area contributed by atoms with Gasteiger partial charge in [0.15, 0.2) is 11.6 Å². The lowest BCUT2D eigenvalue weighted by Gasteiger charge is -2.09. The van der Waals surface area contributed by atoms with Gasteiger partial charge in [-0.1, -0.05) is 16.8 Å². The van der Waals surface area contributed by atoms with E-state index in [2.05, 4.69) is 15.5 Å². The van der Waals surface area contributed by atoms with Crippen LogP contribution in [0.2, 0.25) is 5.02 Å². The van der Waals surface area contributed by atoms with E-state index in [1.807, 2.05) is 0 Å². The zero-order valence-electron chi connectivity index (χ0n) is 9.00. The van der Waals surface area contributed by atoms with E-state index in [-0.39, 0.29) is 22.9 Å². The minimum atomic E-state index is -0.595. The Morgan fingerprint density at radius 3 is 2.94 bits per heavy atom. The van der Waals surface area contributed by atoms with Crippen molar-refractivity contribution in [3.05, 3.63) is 34.7 Å². The highest BCUT2D eigenvalue weighted by Gasteiger charge is 2.11. The Kier molecular flexibility index (Phi) is 3.14. The molecule has 1 aromatic heterocycles. The molecule has 1 heterocycles. The van der Waals surface area contributed by atoms with E-state index in [1.54, 1.807) is 6.92 Å². The van der Waals surface area contributed by atoms with E-state index in [9.17, 15) is 4.39 Å². The first kappa shape index (κ1) is 11.7. The first-order chi connectivity index (χ1) is 8.08. The number of nitrogens with zero attached hydrogens (tertiary/aromatic N) is 2. The molecule has 0 amide bonds. The monoisotopic (exact) mass is 256 g/mol. The van der Waals surface area contributed by atoms with Crippen LogP contribution in [0.15, 0.2) is 16.7 Å². The maximum absolute atomic E-state index is 13.6. The highest BCUT2D eigenvalue weighted by atomic mass is 35.5. The van der Waals surface area contributed by atoms with Gasteiger partial charge in [-0.2, -0.15) is 4.98 Å². The number of nitrogens with one attached hydrogen (secondary N) is 1. The van der Waals surface area contributed by atoms with Gasteiger partial charge >= 0.3 is 0 Å². The van der Waals surface area contributed by atoms with E-state index in [0.717, 1.165) is 0 Å². The number of benzene rings is 1. The van der Waals surface area contributed by atoms with Crippen molar-refractivity contribution in [2.75, 3.05) is 11.1 Å². The standard InChI is InChI=1S/C10H10ClFN4O/c1-5-15-8(17-16-5)4-14-10-7(13)3-2-6(11)9(10)12/h2-3,14H,4,13H2,1H3. The molecule has 0 spiro atoms. The molecule has 2 rings (SSSR count). The van der Waals surface area contributed by atoms with E-state index >= 15 is 0 Å². The molecule has 17 heavy (non-hydrogen) atoms. The van der Waals surface area contributed by atoms with Crippen molar-refractivity contribution in [2.24, 2.45) is 0 Å². The highest BCUT2D eigenvalue weighted by molar-refractivity contribution is 6.31. The number of aryl methyl sites for hydroxylation is 1. The normalized spacial score (nSPS) is 10.5. The summed E-state index contributed by atoms with van der Waals surface area (Å²) in [6.07, 6.45) is 0. The number of halogens is 2. The van der Waals surface area contributed by atoms with Crippen LogP contribution in [0, 0.1) is 12.7 Å². The van der Waals surface area contributed by atoms with Crippen LogP contribution < -0.4 is 11.1 Å². The summed E-state index contributed by atoms with van der Waals surface area (Å²) in [6, 6.07) is 2.92. The Labute approximate surface area is 102 Å². The van der Waals surface area contributed by atoms with Crippen LogP contribution in [-0.2, 0) is 6.54 Å². The first-order valence-electron chi connectivity index (χ1n) is 4.84.